The minimum atomic E-state index is -0.316. The molecule has 0 fully saturated rings. The number of primary amides is 1. The molecule has 0 radical (unpaired) electrons. The second-order valence-electron chi connectivity index (χ2n) is 3.29. The molecular formula is C10H16N4O. The zero-order valence-corrected chi connectivity index (χ0v) is 9.08. The van der Waals surface area contributed by atoms with Gasteiger partial charge in [0.2, 0.25) is 5.91 Å². The van der Waals surface area contributed by atoms with Crippen LogP contribution in [0.4, 0.5) is 5.82 Å². The molecule has 1 aromatic rings. The number of nitrogens with one attached hydrogen (secondary N) is 1. The number of nitrogens with zero attached hydrogens (tertiary/aromatic N) is 2. The van der Waals surface area contributed by atoms with Crippen molar-refractivity contribution < 1.29 is 4.79 Å². The normalized spacial score (nSPS) is 10.0. The monoisotopic (exact) mass is 208 g/mol. The van der Waals surface area contributed by atoms with E-state index in [1.54, 1.807) is 0 Å². The molecule has 5 heteroatoms. The van der Waals surface area contributed by atoms with E-state index in [1.165, 1.54) is 0 Å². The lowest BCUT2D eigenvalue weighted by molar-refractivity contribution is -0.117. The predicted octanol–water partition coefficient (Wildman–Crippen LogP) is 0.635. The van der Waals surface area contributed by atoms with E-state index in [4.69, 9.17) is 5.73 Å². The SMILES string of the molecule is CCc1cc(NCCC(N)=O)nc(C)n1. The first-order valence-electron chi connectivity index (χ1n) is 4.98. The van der Waals surface area contributed by atoms with Crippen molar-refractivity contribution in [2.24, 2.45) is 5.73 Å². The molecular weight excluding hydrogens is 192 g/mol. The zero-order chi connectivity index (χ0) is 11.3. The lowest BCUT2D eigenvalue weighted by Crippen LogP contribution is -2.16. The molecule has 0 unspecified atom stereocenters. The Bertz CT molecular complexity index is 351. The van der Waals surface area contributed by atoms with Crippen LogP contribution in [0.25, 0.3) is 0 Å². The van der Waals surface area contributed by atoms with Gasteiger partial charge in [-0.05, 0) is 13.3 Å². The van der Waals surface area contributed by atoms with Crippen LogP contribution in [0, 0.1) is 6.92 Å². The van der Waals surface area contributed by atoms with Crippen LogP contribution in [0.2, 0.25) is 0 Å². The van der Waals surface area contributed by atoms with Crippen LogP contribution in [-0.2, 0) is 11.2 Å². The highest BCUT2D eigenvalue weighted by molar-refractivity contribution is 5.74. The first-order chi connectivity index (χ1) is 7.11. The average molecular weight is 208 g/mol. The fourth-order valence-corrected chi connectivity index (χ4v) is 1.21. The third-order valence-electron chi connectivity index (χ3n) is 1.93. The van der Waals surface area contributed by atoms with E-state index in [0.29, 0.717) is 13.0 Å². The number of hydrogen-bond acceptors (Lipinski definition) is 4. The van der Waals surface area contributed by atoms with Crippen LogP contribution in [0.1, 0.15) is 24.9 Å². The fourth-order valence-electron chi connectivity index (χ4n) is 1.21. The van der Waals surface area contributed by atoms with Crippen LogP contribution < -0.4 is 11.1 Å². The van der Waals surface area contributed by atoms with Gasteiger partial charge < -0.3 is 11.1 Å². The summed E-state index contributed by atoms with van der Waals surface area (Å²) >= 11 is 0. The lowest BCUT2D eigenvalue weighted by atomic mass is 10.3. The standard InChI is InChI=1S/C10H16N4O/c1-3-8-6-10(14-7(2)13-8)12-5-4-9(11)15/h6H,3-5H2,1-2H3,(H2,11,15)(H,12,13,14). The molecule has 0 aromatic carbocycles. The molecule has 0 aliphatic heterocycles. The number of aryl methyl sites for hydroxylation is 2. The maximum atomic E-state index is 10.5. The molecule has 0 saturated carbocycles. The highest BCUT2D eigenvalue weighted by Gasteiger charge is 2.00. The summed E-state index contributed by atoms with van der Waals surface area (Å²) in [7, 11) is 0. The summed E-state index contributed by atoms with van der Waals surface area (Å²) in [6, 6.07) is 1.88. The molecule has 0 atom stereocenters. The number of carbonyl (C=O) groups is 1. The third kappa shape index (κ3) is 3.93. The van der Waals surface area contributed by atoms with Crippen molar-refractivity contribution in [3.8, 4) is 0 Å². The van der Waals surface area contributed by atoms with Crippen molar-refractivity contribution in [2.45, 2.75) is 26.7 Å². The lowest BCUT2D eigenvalue weighted by Gasteiger charge is -2.06. The first kappa shape index (κ1) is 11.4. The van der Waals surface area contributed by atoms with Crippen molar-refractivity contribution in [2.75, 3.05) is 11.9 Å². The highest BCUT2D eigenvalue weighted by Crippen LogP contribution is 2.06. The number of hydrogen-bond donors (Lipinski definition) is 2. The molecule has 0 aliphatic carbocycles. The van der Waals surface area contributed by atoms with E-state index < -0.39 is 0 Å². The topological polar surface area (TPSA) is 80.9 Å². The van der Waals surface area contributed by atoms with Crippen molar-refractivity contribution in [1.29, 1.82) is 0 Å². The van der Waals surface area contributed by atoms with E-state index in [0.717, 1.165) is 23.8 Å². The maximum Gasteiger partial charge on any atom is 0.219 e. The second kappa shape index (κ2) is 5.29. The van der Waals surface area contributed by atoms with Crippen LogP contribution in [0.15, 0.2) is 6.07 Å². The average Bonchev–Trinajstić information content (AvgIpc) is 2.16. The Kier molecular flexibility index (Phi) is 4.03. The number of anilines is 1. The van der Waals surface area contributed by atoms with Crippen LogP contribution in [-0.4, -0.2) is 22.4 Å². The molecule has 3 N–H and O–H groups in total. The molecule has 0 spiro atoms. The van der Waals surface area contributed by atoms with E-state index in [1.807, 2.05) is 19.9 Å². The van der Waals surface area contributed by atoms with Crippen molar-refractivity contribution in [1.82, 2.24) is 9.97 Å². The minimum Gasteiger partial charge on any atom is -0.370 e. The van der Waals surface area contributed by atoms with Gasteiger partial charge in [-0.25, -0.2) is 9.97 Å². The molecule has 0 saturated heterocycles. The predicted molar refractivity (Wildman–Crippen MR) is 58.4 cm³/mol. The second-order valence-corrected chi connectivity index (χ2v) is 3.29. The number of carbonyl (C=O) groups excluding carboxylic acids is 1. The summed E-state index contributed by atoms with van der Waals surface area (Å²) < 4.78 is 0. The highest BCUT2D eigenvalue weighted by atomic mass is 16.1. The number of rotatable bonds is 5. The molecule has 0 aliphatic rings. The first-order valence-corrected chi connectivity index (χ1v) is 4.98. The Morgan fingerprint density at radius 1 is 1.53 bits per heavy atom. The summed E-state index contributed by atoms with van der Waals surface area (Å²) in [5.41, 5.74) is 6.02. The Balaban J connectivity index is 2.60. The third-order valence-corrected chi connectivity index (χ3v) is 1.93. The van der Waals surface area contributed by atoms with E-state index >= 15 is 0 Å². The zero-order valence-electron chi connectivity index (χ0n) is 9.08. The summed E-state index contributed by atoms with van der Waals surface area (Å²) in [5.74, 6) is 1.17. The van der Waals surface area contributed by atoms with Gasteiger partial charge in [-0.3, -0.25) is 4.79 Å². The van der Waals surface area contributed by atoms with Gasteiger partial charge in [-0.1, -0.05) is 6.92 Å². The van der Waals surface area contributed by atoms with E-state index in [9.17, 15) is 4.79 Å². The summed E-state index contributed by atoms with van der Waals surface area (Å²) in [6.07, 6.45) is 1.18. The van der Waals surface area contributed by atoms with Crippen LogP contribution >= 0.6 is 0 Å². The van der Waals surface area contributed by atoms with Gasteiger partial charge in [-0.15, -0.1) is 0 Å². The molecule has 0 bridgehead atoms. The minimum absolute atomic E-state index is 0.310. The maximum absolute atomic E-state index is 10.5. The van der Waals surface area contributed by atoms with Gasteiger partial charge in [0.15, 0.2) is 0 Å². The quantitative estimate of drug-likeness (QED) is 0.743. The van der Waals surface area contributed by atoms with Gasteiger partial charge >= 0.3 is 0 Å². The van der Waals surface area contributed by atoms with Gasteiger partial charge in [-0.2, -0.15) is 0 Å². The summed E-state index contributed by atoms with van der Waals surface area (Å²) in [5, 5.41) is 3.04. The molecule has 15 heavy (non-hydrogen) atoms. The summed E-state index contributed by atoms with van der Waals surface area (Å²) in [4.78, 5) is 19.0. The van der Waals surface area contributed by atoms with Gasteiger partial charge in [0.1, 0.15) is 11.6 Å². The molecule has 1 aromatic heterocycles. The molecule has 5 nitrogen and oxygen atoms in total. The van der Waals surface area contributed by atoms with Crippen molar-refractivity contribution in [3.63, 3.8) is 0 Å². The smallest absolute Gasteiger partial charge is 0.219 e. The number of amides is 1. The molecule has 82 valence electrons. The van der Waals surface area contributed by atoms with Crippen molar-refractivity contribution in [3.05, 3.63) is 17.6 Å². The summed E-state index contributed by atoms with van der Waals surface area (Å²) in [6.45, 7) is 4.39. The van der Waals surface area contributed by atoms with E-state index in [2.05, 4.69) is 15.3 Å². The van der Waals surface area contributed by atoms with Crippen LogP contribution in [0.3, 0.4) is 0 Å². The molecule has 1 heterocycles. The fraction of sp³-hybridized carbons (Fsp3) is 0.500. The van der Waals surface area contributed by atoms with E-state index in [-0.39, 0.29) is 5.91 Å². The van der Waals surface area contributed by atoms with Crippen LogP contribution in [0.5, 0.6) is 0 Å². The van der Waals surface area contributed by atoms with Crippen molar-refractivity contribution >= 4 is 11.7 Å². The van der Waals surface area contributed by atoms with Gasteiger partial charge in [0.05, 0.1) is 0 Å². The Labute approximate surface area is 89.1 Å². The van der Waals surface area contributed by atoms with Gasteiger partial charge in [0, 0.05) is 24.7 Å². The Morgan fingerprint density at radius 2 is 2.27 bits per heavy atom. The Hall–Kier alpha value is -1.65. The Morgan fingerprint density at radius 3 is 2.87 bits per heavy atom. The number of aromatic nitrogens is 2. The molecule has 1 amide bonds. The molecule has 1 rings (SSSR count). The van der Waals surface area contributed by atoms with Gasteiger partial charge in [0.25, 0.3) is 0 Å². The largest absolute Gasteiger partial charge is 0.370 e. The number of nitrogens with two attached hydrogens (primary N) is 1.